The summed E-state index contributed by atoms with van der Waals surface area (Å²) in [4.78, 5) is 4.12. The number of aromatic hydroxyl groups is 1. The molecule has 1 aromatic rings. The van der Waals surface area contributed by atoms with E-state index in [0.717, 1.165) is 0 Å². The summed E-state index contributed by atoms with van der Waals surface area (Å²) < 4.78 is 10.3. The van der Waals surface area contributed by atoms with Gasteiger partial charge in [-0.1, -0.05) is 0 Å². The molecular formula is C10H11NO3. The van der Waals surface area contributed by atoms with E-state index >= 15 is 0 Å². The van der Waals surface area contributed by atoms with E-state index in [4.69, 9.17) is 9.47 Å². The molecule has 0 saturated heterocycles. The van der Waals surface area contributed by atoms with Crippen molar-refractivity contribution in [3.05, 3.63) is 23.8 Å². The molecule has 74 valence electrons. The number of hydrogen-bond acceptors (Lipinski definition) is 4. The van der Waals surface area contributed by atoms with Gasteiger partial charge in [-0.25, -0.2) is 4.99 Å². The monoisotopic (exact) mass is 193 g/mol. The van der Waals surface area contributed by atoms with Crippen LogP contribution in [-0.2, 0) is 4.74 Å². The van der Waals surface area contributed by atoms with E-state index in [2.05, 4.69) is 4.99 Å². The Bertz CT molecular complexity index is 374. The van der Waals surface area contributed by atoms with E-state index in [1.165, 1.54) is 0 Å². The van der Waals surface area contributed by atoms with Crippen LogP contribution >= 0.6 is 0 Å². The maximum atomic E-state index is 9.57. The van der Waals surface area contributed by atoms with Crippen molar-refractivity contribution < 1.29 is 14.6 Å². The zero-order valence-corrected chi connectivity index (χ0v) is 7.86. The Balaban J connectivity index is 2.40. The lowest BCUT2D eigenvalue weighted by atomic mass is 10.2. The summed E-state index contributed by atoms with van der Waals surface area (Å²) >= 11 is 0. The van der Waals surface area contributed by atoms with Crippen LogP contribution in [0.5, 0.6) is 11.5 Å². The van der Waals surface area contributed by atoms with Gasteiger partial charge in [0.25, 0.3) is 0 Å². The zero-order chi connectivity index (χ0) is 9.97. The first-order valence-corrected chi connectivity index (χ1v) is 4.36. The summed E-state index contributed by atoms with van der Waals surface area (Å²) in [6.07, 6.45) is 0. The number of hydrogen-bond donors (Lipinski definition) is 1. The summed E-state index contributed by atoms with van der Waals surface area (Å²) in [5.41, 5.74) is 0.585. The minimum atomic E-state index is 0.159. The number of benzene rings is 1. The van der Waals surface area contributed by atoms with Crippen molar-refractivity contribution >= 4 is 5.90 Å². The third-order valence-corrected chi connectivity index (χ3v) is 2.02. The van der Waals surface area contributed by atoms with Gasteiger partial charge in [0.15, 0.2) is 0 Å². The molecule has 0 bridgehead atoms. The number of aliphatic imine (C=N–C) groups is 1. The molecule has 0 aliphatic carbocycles. The molecule has 0 fully saturated rings. The number of phenolic OH excluding ortho intramolecular Hbond substituents is 1. The van der Waals surface area contributed by atoms with Gasteiger partial charge < -0.3 is 14.6 Å². The molecule has 1 aliphatic rings. The summed E-state index contributed by atoms with van der Waals surface area (Å²) in [6, 6.07) is 4.96. The first-order valence-electron chi connectivity index (χ1n) is 4.36. The first-order chi connectivity index (χ1) is 6.81. The van der Waals surface area contributed by atoms with Crippen molar-refractivity contribution in [3.8, 4) is 11.5 Å². The second kappa shape index (κ2) is 3.57. The summed E-state index contributed by atoms with van der Waals surface area (Å²) in [7, 11) is 1.58. The number of ether oxygens (including phenoxy) is 2. The molecule has 4 nitrogen and oxygen atoms in total. The SMILES string of the molecule is COc1ccc(O)c(C2=NCCO2)c1. The molecule has 0 saturated carbocycles. The van der Waals surface area contributed by atoms with Crippen LogP contribution in [0, 0.1) is 0 Å². The lowest BCUT2D eigenvalue weighted by Crippen LogP contribution is -2.01. The Hall–Kier alpha value is -1.71. The molecule has 0 unspecified atom stereocenters. The zero-order valence-electron chi connectivity index (χ0n) is 7.86. The summed E-state index contributed by atoms with van der Waals surface area (Å²) in [5.74, 6) is 1.32. The Kier molecular flexibility index (Phi) is 2.26. The molecule has 4 heteroatoms. The van der Waals surface area contributed by atoms with Gasteiger partial charge in [0.1, 0.15) is 18.1 Å². The first kappa shape index (κ1) is 8.87. The number of methoxy groups -OCH3 is 1. The summed E-state index contributed by atoms with van der Waals surface area (Å²) in [5, 5.41) is 9.57. The van der Waals surface area contributed by atoms with Crippen LogP contribution in [0.2, 0.25) is 0 Å². The van der Waals surface area contributed by atoms with E-state index < -0.39 is 0 Å². The molecule has 14 heavy (non-hydrogen) atoms. The number of nitrogens with zero attached hydrogens (tertiary/aromatic N) is 1. The smallest absolute Gasteiger partial charge is 0.220 e. The largest absolute Gasteiger partial charge is 0.507 e. The molecule has 1 N–H and O–H groups in total. The van der Waals surface area contributed by atoms with Gasteiger partial charge in [-0.15, -0.1) is 0 Å². The fourth-order valence-corrected chi connectivity index (χ4v) is 1.31. The molecule has 0 radical (unpaired) electrons. The third kappa shape index (κ3) is 1.51. The van der Waals surface area contributed by atoms with E-state index in [9.17, 15) is 5.11 Å². The topological polar surface area (TPSA) is 51.0 Å². The van der Waals surface area contributed by atoms with Gasteiger partial charge in [0.2, 0.25) is 5.90 Å². The highest BCUT2D eigenvalue weighted by Crippen LogP contribution is 2.24. The van der Waals surface area contributed by atoms with Crippen molar-refractivity contribution in [2.45, 2.75) is 0 Å². The summed E-state index contributed by atoms with van der Waals surface area (Å²) in [6.45, 7) is 1.22. The standard InChI is InChI=1S/C10H11NO3/c1-13-7-2-3-9(12)8(6-7)10-11-4-5-14-10/h2-3,6,12H,4-5H2,1H3. The highest BCUT2D eigenvalue weighted by Gasteiger charge is 2.15. The van der Waals surface area contributed by atoms with Gasteiger partial charge in [-0.05, 0) is 18.2 Å². The van der Waals surface area contributed by atoms with Crippen LogP contribution in [0.15, 0.2) is 23.2 Å². The van der Waals surface area contributed by atoms with Crippen molar-refractivity contribution in [1.82, 2.24) is 0 Å². The minimum absolute atomic E-state index is 0.159. The lowest BCUT2D eigenvalue weighted by molar-refractivity contribution is 0.346. The van der Waals surface area contributed by atoms with Crippen LogP contribution in [0.3, 0.4) is 0 Å². The normalized spacial score (nSPS) is 14.8. The Labute approximate surface area is 81.8 Å². The van der Waals surface area contributed by atoms with Gasteiger partial charge in [0, 0.05) is 0 Å². The minimum Gasteiger partial charge on any atom is -0.507 e. The molecule has 0 amide bonds. The van der Waals surface area contributed by atoms with Crippen LogP contribution in [0.1, 0.15) is 5.56 Å². The van der Waals surface area contributed by atoms with E-state index in [-0.39, 0.29) is 5.75 Å². The molecule has 1 aliphatic heterocycles. The average Bonchev–Trinajstić information content (AvgIpc) is 2.71. The van der Waals surface area contributed by atoms with Crippen molar-refractivity contribution in [1.29, 1.82) is 0 Å². The van der Waals surface area contributed by atoms with Crippen molar-refractivity contribution in [2.24, 2.45) is 4.99 Å². The van der Waals surface area contributed by atoms with Crippen LogP contribution < -0.4 is 4.74 Å². The van der Waals surface area contributed by atoms with Gasteiger partial charge in [-0.2, -0.15) is 0 Å². The van der Waals surface area contributed by atoms with Crippen molar-refractivity contribution in [3.63, 3.8) is 0 Å². The molecule has 1 heterocycles. The molecule has 1 aromatic carbocycles. The third-order valence-electron chi connectivity index (χ3n) is 2.02. The van der Waals surface area contributed by atoms with Gasteiger partial charge in [0.05, 0.1) is 19.2 Å². The number of rotatable bonds is 2. The van der Waals surface area contributed by atoms with E-state index in [0.29, 0.717) is 30.4 Å². The van der Waals surface area contributed by atoms with Crippen molar-refractivity contribution in [2.75, 3.05) is 20.3 Å². The fourth-order valence-electron chi connectivity index (χ4n) is 1.31. The predicted molar refractivity (Wildman–Crippen MR) is 52.0 cm³/mol. The van der Waals surface area contributed by atoms with E-state index in [1.54, 1.807) is 25.3 Å². The lowest BCUT2D eigenvalue weighted by Gasteiger charge is -2.06. The second-order valence-corrected chi connectivity index (χ2v) is 2.92. The Morgan fingerprint density at radius 2 is 2.36 bits per heavy atom. The number of phenols is 1. The van der Waals surface area contributed by atoms with Gasteiger partial charge >= 0.3 is 0 Å². The highest BCUT2D eigenvalue weighted by atomic mass is 16.5. The molecule has 0 atom stereocenters. The molecule has 2 rings (SSSR count). The second-order valence-electron chi connectivity index (χ2n) is 2.92. The Morgan fingerprint density at radius 3 is 3.00 bits per heavy atom. The predicted octanol–water partition coefficient (Wildman–Crippen LogP) is 1.18. The highest BCUT2D eigenvalue weighted by molar-refractivity contribution is 5.97. The van der Waals surface area contributed by atoms with Crippen LogP contribution in [-0.4, -0.2) is 31.3 Å². The molecule has 0 spiro atoms. The quantitative estimate of drug-likeness (QED) is 0.767. The fraction of sp³-hybridized carbons (Fsp3) is 0.300. The van der Waals surface area contributed by atoms with Gasteiger partial charge in [-0.3, -0.25) is 0 Å². The molecular weight excluding hydrogens is 182 g/mol. The average molecular weight is 193 g/mol. The van der Waals surface area contributed by atoms with Crippen LogP contribution in [0.25, 0.3) is 0 Å². The van der Waals surface area contributed by atoms with Crippen LogP contribution in [0.4, 0.5) is 0 Å². The molecule has 0 aromatic heterocycles. The van der Waals surface area contributed by atoms with E-state index in [1.807, 2.05) is 0 Å². The maximum Gasteiger partial charge on any atom is 0.220 e. The maximum absolute atomic E-state index is 9.57. The Morgan fingerprint density at radius 1 is 1.50 bits per heavy atom.